The van der Waals surface area contributed by atoms with Crippen LogP contribution in [0.25, 0.3) is 0 Å². The van der Waals surface area contributed by atoms with Crippen LogP contribution in [0.1, 0.15) is 59.8 Å². The number of nitrogens with one attached hydrogen (secondary N) is 1. The lowest BCUT2D eigenvalue weighted by molar-refractivity contribution is 0.102. The summed E-state index contributed by atoms with van der Waals surface area (Å²) in [6, 6.07) is 2.02. The first-order valence-electron chi connectivity index (χ1n) is 8.08. The highest BCUT2D eigenvalue weighted by molar-refractivity contribution is 4.96. The Balaban J connectivity index is 1.89. The Morgan fingerprint density at radius 3 is 2.26 bits per heavy atom. The number of nitrogens with zero attached hydrogens (tertiary/aromatic N) is 1. The van der Waals surface area contributed by atoms with Gasteiger partial charge in [0.2, 0.25) is 0 Å². The normalized spacial score (nSPS) is 24.8. The molecule has 3 heteroatoms. The van der Waals surface area contributed by atoms with Crippen LogP contribution in [0.5, 0.6) is 0 Å². The molecule has 19 heavy (non-hydrogen) atoms. The molecule has 0 amide bonds. The van der Waals surface area contributed by atoms with Crippen LogP contribution in [0.3, 0.4) is 0 Å². The third-order valence-electron chi connectivity index (χ3n) is 4.38. The van der Waals surface area contributed by atoms with Crippen LogP contribution in [0.15, 0.2) is 0 Å². The molecule has 3 nitrogen and oxygen atoms in total. The molecular formula is C16H32N2O. The van der Waals surface area contributed by atoms with Crippen LogP contribution < -0.4 is 5.32 Å². The van der Waals surface area contributed by atoms with E-state index >= 15 is 0 Å². The molecule has 0 radical (unpaired) electrons. The summed E-state index contributed by atoms with van der Waals surface area (Å²) in [5, 5.41) is 13.4. The molecule has 0 heterocycles. The van der Waals surface area contributed by atoms with Gasteiger partial charge in [-0.1, -0.05) is 13.8 Å². The zero-order valence-corrected chi connectivity index (χ0v) is 13.2. The van der Waals surface area contributed by atoms with Crippen molar-refractivity contribution in [1.82, 2.24) is 10.2 Å². The van der Waals surface area contributed by atoms with E-state index < -0.39 is 0 Å². The quantitative estimate of drug-likeness (QED) is 0.674. The van der Waals surface area contributed by atoms with Crippen LogP contribution in [-0.2, 0) is 0 Å². The van der Waals surface area contributed by atoms with Crippen LogP contribution in [0.2, 0.25) is 0 Å². The maximum atomic E-state index is 9.75. The fourth-order valence-corrected chi connectivity index (χ4v) is 3.18. The summed E-state index contributed by atoms with van der Waals surface area (Å²) in [5.74, 6) is 0.722. The molecule has 0 saturated heterocycles. The second kappa shape index (κ2) is 6.11. The van der Waals surface area contributed by atoms with Crippen LogP contribution in [0.4, 0.5) is 0 Å². The molecule has 2 saturated carbocycles. The highest BCUT2D eigenvalue weighted by Gasteiger charge is 2.38. The molecule has 0 aliphatic heterocycles. The second-order valence-corrected chi connectivity index (χ2v) is 7.51. The van der Waals surface area contributed by atoms with Gasteiger partial charge in [-0.15, -0.1) is 0 Å². The summed E-state index contributed by atoms with van der Waals surface area (Å²) < 4.78 is 0. The van der Waals surface area contributed by atoms with Gasteiger partial charge in [0.25, 0.3) is 0 Å². The average molecular weight is 268 g/mol. The minimum atomic E-state index is -0.106. The molecule has 2 rings (SSSR count). The first-order chi connectivity index (χ1) is 8.93. The summed E-state index contributed by atoms with van der Waals surface area (Å²) in [6.07, 6.45) is 6.33. The first kappa shape index (κ1) is 15.3. The Kier molecular flexibility index (Phi) is 4.91. The van der Waals surface area contributed by atoms with Crippen molar-refractivity contribution in [3.63, 3.8) is 0 Å². The van der Waals surface area contributed by atoms with Crippen molar-refractivity contribution >= 4 is 0 Å². The van der Waals surface area contributed by atoms with E-state index in [0.717, 1.165) is 18.4 Å². The van der Waals surface area contributed by atoms with Crippen LogP contribution >= 0.6 is 0 Å². The molecule has 2 aliphatic rings. The van der Waals surface area contributed by atoms with Gasteiger partial charge in [-0.2, -0.15) is 0 Å². The fraction of sp³-hybridized carbons (Fsp3) is 1.00. The Morgan fingerprint density at radius 2 is 1.84 bits per heavy atom. The number of hydrogen-bond acceptors (Lipinski definition) is 3. The highest BCUT2D eigenvalue weighted by Crippen LogP contribution is 2.32. The Morgan fingerprint density at radius 1 is 1.21 bits per heavy atom. The summed E-state index contributed by atoms with van der Waals surface area (Å²) in [7, 11) is 0. The third-order valence-corrected chi connectivity index (χ3v) is 4.38. The van der Waals surface area contributed by atoms with Gasteiger partial charge in [-0.05, 0) is 51.9 Å². The standard InChI is InChI=1S/C16H32N2O/c1-12(2)10-18(15-7-8-15)13(3)9-16(4,11-19)17-14-5-6-14/h12-15,17,19H,5-11H2,1-4H3. The van der Waals surface area contributed by atoms with Gasteiger partial charge in [0.15, 0.2) is 0 Å². The van der Waals surface area contributed by atoms with E-state index in [-0.39, 0.29) is 12.1 Å². The SMILES string of the molecule is CC(C)CN(C(C)CC(C)(CO)NC1CC1)C1CC1. The lowest BCUT2D eigenvalue weighted by Gasteiger charge is -2.38. The van der Waals surface area contributed by atoms with Gasteiger partial charge in [0.1, 0.15) is 0 Å². The summed E-state index contributed by atoms with van der Waals surface area (Å²) >= 11 is 0. The van der Waals surface area contributed by atoms with Crippen molar-refractivity contribution in [2.75, 3.05) is 13.2 Å². The van der Waals surface area contributed by atoms with Gasteiger partial charge in [-0.3, -0.25) is 4.90 Å². The summed E-state index contributed by atoms with van der Waals surface area (Å²) in [6.45, 7) is 10.6. The minimum absolute atomic E-state index is 0.106. The Hall–Kier alpha value is -0.120. The summed E-state index contributed by atoms with van der Waals surface area (Å²) in [4.78, 5) is 2.67. The van der Waals surface area contributed by atoms with E-state index in [4.69, 9.17) is 0 Å². The smallest absolute Gasteiger partial charge is 0.0611 e. The van der Waals surface area contributed by atoms with Crippen molar-refractivity contribution < 1.29 is 5.11 Å². The van der Waals surface area contributed by atoms with Gasteiger partial charge < -0.3 is 10.4 Å². The zero-order valence-electron chi connectivity index (χ0n) is 13.2. The molecule has 2 fully saturated rings. The van der Waals surface area contributed by atoms with Gasteiger partial charge in [0.05, 0.1) is 6.61 Å². The van der Waals surface area contributed by atoms with Crippen molar-refractivity contribution in [1.29, 1.82) is 0 Å². The van der Waals surface area contributed by atoms with Crippen molar-refractivity contribution in [2.45, 2.75) is 83.5 Å². The fourth-order valence-electron chi connectivity index (χ4n) is 3.18. The van der Waals surface area contributed by atoms with Gasteiger partial charge in [-0.25, -0.2) is 0 Å². The van der Waals surface area contributed by atoms with E-state index in [1.54, 1.807) is 0 Å². The van der Waals surface area contributed by atoms with Gasteiger partial charge in [0, 0.05) is 30.2 Å². The zero-order chi connectivity index (χ0) is 14.0. The van der Waals surface area contributed by atoms with Crippen LogP contribution in [0, 0.1) is 5.92 Å². The number of aliphatic hydroxyl groups excluding tert-OH is 1. The Bertz CT molecular complexity index is 286. The molecule has 0 aromatic carbocycles. The average Bonchev–Trinajstić information content (AvgIpc) is 3.19. The molecule has 0 bridgehead atoms. The number of rotatable bonds is 9. The first-order valence-corrected chi connectivity index (χ1v) is 8.08. The lowest BCUT2D eigenvalue weighted by atomic mass is 9.93. The van der Waals surface area contributed by atoms with Crippen molar-refractivity contribution in [3.05, 3.63) is 0 Å². The maximum Gasteiger partial charge on any atom is 0.0611 e. The topological polar surface area (TPSA) is 35.5 Å². The van der Waals surface area contributed by atoms with E-state index in [2.05, 4.69) is 37.9 Å². The Labute approximate surface area is 118 Å². The molecule has 0 aromatic heterocycles. The number of hydrogen-bond donors (Lipinski definition) is 2. The number of aliphatic hydroxyl groups is 1. The van der Waals surface area contributed by atoms with E-state index in [9.17, 15) is 5.11 Å². The molecule has 2 unspecified atom stereocenters. The van der Waals surface area contributed by atoms with E-state index in [1.807, 2.05) is 0 Å². The molecule has 0 aromatic rings. The second-order valence-electron chi connectivity index (χ2n) is 7.51. The van der Waals surface area contributed by atoms with Gasteiger partial charge >= 0.3 is 0 Å². The highest BCUT2D eigenvalue weighted by atomic mass is 16.3. The molecule has 112 valence electrons. The third kappa shape index (κ3) is 4.73. The lowest BCUT2D eigenvalue weighted by Crippen LogP contribution is -2.52. The van der Waals surface area contributed by atoms with Crippen LogP contribution in [-0.4, -0.2) is 46.8 Å². The molecule has 0 spiro atoms. The molecule has 2 aliphatic carbocycles. The predicted octanol–water partition coefficient (Wildman–Crippen LogP) is 2.39. The largest absolute Gasteiger partial charge is 0.394 e. The summed E-state index contributed by atoms with van der Waals surface area (Å²) in [5.41, 5.74) is -0.106. The minimum Gasteiger partial charge on any atom is -0.394 e. The van der Waals surface area contributed by atoms with Crippen molar-refractivity contribution in [3.8, 4) is 0 Å². The molecule has 2 N–H and O–H groups in total. The van der Waals surface area contributed by atoms with E-state index in [1.165, 1.54) is 32.2 Å². The molecular weight excluding hydrogens is 236 g/mol. The maximum absolute atomic E-state index is 9.75. The van der Waals surface area contributed by atoms with E-state index in [0.29, 0.717) is 12.1 Å². The van der Waals surface area contributed by atoms with Crippen molar-refractivity contribution in [2.24, 2.45) is 5.92 Å². The molecule has 2 atom stereocenters. The predicted molar refractivity (Wildman–Crippen MR) is 80.3 cm³/mol. The monoisotopic (exact) mass is 268 g/mol.